The number of likely N-dealkylation sites (N-methyl/N-ethyl adjacent to an activating group) is 1. The lowest BCUT2D eigenvalue weighted by Gasteiger charge is -2.21. The molecule has 0 aliphatic heterocycles. The molecule has 1 atom stereocenters. The van der Waals surface area contributed by atoms with Crippen LogP contribution in [0.25, 0.3) is 0 Å². The molecule has 1 unspecified atom stereocenters. The Kier molecular flexibility index (Phi) is 7.16. The molecule has 23 heavy (non-hydrogen) atoms. The number of carbonyl (C=O) groups is 2. The lowest BCUT2D eigenvalue weighted by Crippen LogP contribution is -3.11. The third kappa shape index (κ3) is 8.93. The molecule has 0 fully saturated rings. The second-order valence-electron chi connectivity index (χ2n) is 6.84. The van der Waals surface area contributed by atoms with Crippen LogP contribution in [0.2, 0.25) is 0 Å². The van der Waals surface area contributed by atoms with Crippen LogP contribution in [-0.4, -0.2) is 44.0 Å². The maximum absolute atomic E-state index is 12.8. The SMILES string of the molecule is C[NH+](CC(=O)NCCc1ccc(F)cc1)CC(=O)NC(C)(C)C. The van der Waals surface area contributed by atoms with Crippen LogP contribution in [0.4, 0.5) is 4.39 Å². The average Bonchev–Trinajstić information content (AvgIpc) is 2.38. The summed E-state index contributed by atoms with van der Waals surface area (Å²) in [5.41, 5.74) is 0.700. The first kappa shape index (κ1) is 19.1. The summed E-state index contributed by atoms with van der Waals surface area (Å²) in [4.78, 5) is 24.4. The Balaban J connectivity index is 2.25. The average molecular weight is 324 g/mol. The van der Waals surface area contributed by atoms with E-state index in [0.29, 0.717) is 13.0 Å². The molecule has 0 bridgehead atoms. The summed E-state index contributed by atoms with van der Waals surface area (Å²) in [5.74, 6) is -0.446. The van der Waals surface area contributed by atoms with Crippen molar-refractivity contribution in [1.29, 1.82) is 0 Å². The molecule has 1 aromatic rings. The number of quaternary nitrogens is 1. The first-order chi connectivity index (χ1) is 10.7. The molecular weight excluding hydrogens is 297 g/mol. The van der Waals surface area contributed by atoms with E-state index in [-0.39, 0.29) is 36.3 Å². The second kappa shape index (κ2) is 8.62. The van der Waals surface area contributed by atoms with Gasteiger partial charge in [0.1, 0.15) is 5.82 Å². The Labute approximate surface area is 137 Å². The number of benzene rings is 1. The van der Waals surface area contributed by atoms with Crippen molar-refractivity contribution in [3.63, 3.8) is 0 Å². The van der Waals surface area contributed by atoms with Crippen LogP contribution in [0, 0.1) is 5.82 Å². The number of nitrogens with one attached hydrogen (secondary N) is 3. The van der Waals surface area contributed by atoms with Gasteiger partial charge in [0, 0.05) is 12.1 Å². The van der Waals surface area contributed by atoms with Gasteiger partial charge in [-0.05, 0) is 44.9 Å². The summed E-state index contributed by atoms with van der Waals surface area (Å²) in [5, 5.41) is 5.68. The van der Waals surface area contributed by atoms with Crippen LogP contribution in [0.5, 0.6) is 0 Å². The molecule has 0 aliphatic rings. The van der Waals surface area contributed by atoms with Gasteiger partial charge in [0.05, 0.1) is 7.05 Å². The monoisotopic (exact) mass is 324 g/mol. The van der Waals surface area contributed by atoms with Gasteiger partial charge in [-0.2, -0.15) is 0 Å². The van der Waals surface area contributed by atoms with Crippen molar-refractivity contribution in [3.8, 4) is 0 Å². The highest BCUT2D eigenvalue weighted by Crippen LogP contribution is 2.02. The Hall–Kier alpha value is -1.95. The standard InChI is InChI=1S/C17H26FN3O2/c1-17(2,3)20-16(23)12-21(4)11-15(22)19-10-9-13-5-7-14(18)8-6-13/h5-8H,9-12H2,1-4H3,(H,19,22)(H,20,23)/p+1. The highest BCUT2D eigenvalue weighted by Gasteiger charge is 2.18. The summed E-state index contributed by atoms with van der Waals surface area (Å²) in [6.07, 6.45) is 0.648. The number of carbonyl (C=O) groups excluding carboxylic acids is 2. The number of hydrogen-bond acceptors (Lipinski definition) is 2. The van der Waals surface area contributed by atoms with Gasteiger partial charge in [-0.3, -0.25) is 9.59 Å². The fraction of sp³-hybridized carbons (Fsp3) is 0.529. The minimum absolute atomic E-state index is 0.0749. The van der Waals surface area contributed by atoms with Crippen molar-refractivity contribution in [2.75, 3.05) is 26.7 Å². The van der Waals surface area contributed by atoms with E-state index in [0.717, 1.165) is 10.5 Å². The third-order valence-corrected chi connectivity index (χ3v) is 3.09. The van der Waals surface area contributed by atoms with Gasteiger partial charge in [0.2, 0.25) is 0 Å². The third-order valence-electron chi connectivity index (χ3n) is 3.09. The largest absolute Gasteiger partial charge is 0.351 e. The van der Waals surface area contributed by atoms with Gasteiger partial charge >= 0.3 is 0 Å². The first-order valence-corrected chi connectivity index (χ1v) is 7.79. The Morgan fingerprint density at radius 2 is 1.65 bits per heavy atom. The van der Waals surface area contributed by atoms with Gasteiger partial charge in [0.25, 0.3) is 11.8 Å². The van der Waals surface area contributed by atoms with Crippen LogP contribution >= 0.6 is 0 Å². The van der Waals surface area contributed by atoms with E-state index in [1.807, 2.05) is 27.8 Å². The summed E-state index contributed by atoms with van der Waals surface area (Å²) in [6.45, 7) is 6.74. The van der Waals surface area contributed by atoms with Crippen molar-refractivity contribution >= 4 is 11.8 Å². The van der Waals surface area contributed by atoms with Gasteiger partial charge in [-0.1, -0.05) is 12.1 Å². The Bertz CT molecular complexity index is 524. The predicted molar refractivity (Wildman–Crippen MR) is 87.6 cm³/mol. The normalized spacial score (nSPS) is 12.6. The van der Waals surface area contributed by atoms with Crippen molar-refractivity contribution in [2.24, 2.45) is 0 Å². The number of rotatable bonds is 7. The zero-order valence-corrected chi connectivity index (χ0v) is 14.3. The smallest absolute Gasteiger partial charge is 0.275 e. The molecule has 1 rings (SSSR count). The molecule has 0 radical (unpaired) electrons. The highest BCUT2D eigenvalue weighted by atomic mass is 19.1. The molecule has 128 valence electrons. The van der Waals surface area contributed by atoms with Crippen LogP contribution < -0.4 is 15.5 Å². The molecular formula is C17H27FN3O2+. The van der Waals surface area contributed by atoms with Gasteiger partial charge < -0.3 is 15.5 Å². The molecule has 0 heterocycles. The topological polar surface area (TPSA) is 62.6 Å². The zero-order chi connectivity index (χ0) is 17.5. The van der Waals surface area contributed by atoms with Crippen molar-refractivity contribution in [3.05, 3.63) is 35.6 Å². The molecule has 2 amide bonds. The number of halogens is 1. The van der Waals surface area contributed by atoms with E-state index >= 15 is 0 Å². The van der Waals surface area contributed by atoms with Gasteiger partial charge in [-0.25, -0.2) is 4.39 Å². The molecule has 0 saturated heterocycles. The van der Waals surface area contributed by atoms with Gasteiger partial charge in [-0.15, -0.1) is 0 Å². The quantitative estimate of drug-likeness (QED) is 0.657. The van der Waals surface area contributed by atoms with E-state index in [1.54, 1.807) is 12.1 Å². The minimum Gasteiger partial charge on any atom is -0.351 e. The van der Waals surface area contributed by atoms with Crippen LogP contribution in [0.3, 0.4) is 0 Å². The molecule has 0 spiro atoms. The Morgan fingerprint density at radius 1 is 1.09 bits per heavy atom. The molecule has 5 nitrogen and oxygen atoms in total. The van der Waals surface area contributed by atoms with E-state index in [4.69, 9.17) is 0 Å². The fourth-order valence-electron chi connectivity index (χ4n) is 2.13. The molecule has 1 aromatic carbocycles. The molecule has 6 heteroatoms. The maximum Gasteiger partial charge on any atom is 0.275 e. The molecule has 0 aliphatic carbocycles. The number of amides is 2. The lowest BCUT2D eigenvalue weighted by atomic mass is 10.1. The van der Waals surface area contributed by atoms with E-state index in [9.17, 15) is 14.0 Å². The maximum atomic E-state index is 12.8. The Morgan fingerprint density at radius 3 is 2.22 bits per heavy atom. The van der Waals surface area contributed by atoms with Crippen LogP contribution in [0.1, 0.15) is 26.3 Å². The van der Waals surface area contributed by atoms with Gasteiger partial charge in [0.15, 0.2) is 13.1 Å². The summed E-state index contributed by atoms with van der Waals surface area (Å²) >= 11 is 0. The zero-order valence-electron chi connectivity index (χ0n) is 14.3. The fourth-order valence-corrected chi connectivity index (χ4v) is 2.13. The summed E-state index contributed by atoms with van der Waals surface area (Å²) < 4.78 is 12.8. The van der Waals surface area contributed by atoms with Crippen molar-refractivity contribution in [1.82, 2.24) is 10.6 Å². The van der Waals surface area contributed by atoms with E-state index < -0.39 is 0 Å². The van der Waals surface area contributed by atoms with Crippen molar-refractivity contribution < 1.29 is 18.9 Å². The molecule has 0 aromatic heterocycles. The van der Waals surface area contributed by atoms with Crippen LogP contribution in [-0.2, 0) is 16.0 Å². The molecule has 3 N–H and O–H groups in total. The summed E-state index contributed by atoms with van der Waals surface area (Å²) in [7, 11) is 1.81. The minimum atomic E-state index is -0.269. The highest BCUT2D eigenvalue weighted by molar-refractivity contribution is 5.79. The van der Waals surface area contributed by atoms with Crippen molar-refractivity contribution in [2.45, 2.75) is 32.7 Å². The second-order valence-corrected chi connectivity index (χ2v) is 6.84. The molecule has 0 saturated carbocycles. The van der Waals surface area contributed by atoms with Crippen LogP contribution in [0.15, 0.2) is 24.3 Å². The first-order valence-electron chi connectivity index (χ1n) is 7.79. The number of hydrogen-bond donors (Lipinski definition) is 3. The predicted octanol–water partition coefficient (Wildman–Crippen LogP) is -0.0862. The van der Waals surface area contributed by atoms with E-state index in [2.05, 4.69) is 10.6 Å². The van der Waals surface area contributed by atoms with E-state index in [1.165, 1.54) is 12.1 Å². The summed E-state index contributed by atoms with van der Waals surface area (Å²) in [6, 6.07) is 6.22. The lowest BCUT2D eigenvalue weighted by molar-refractivity contribution is -0.862.